The maximum absolute atomic E-state index is 14.8. The fourth-order valence-electron chi connectivity index (χ4n) is 3.73. The molecule has 2 N–H and O–H groups in total. The fraction of sp³-hybridized carbons (Fsp3) is 0.412. The first kappa shape index (κ1) is 15.1. The number of carbonyl (C=O) groups is 1. The molecule has 0 saturated carbocycles. The second-order valence-electron chi connectivity index (χ2n) is 6.24. The number of aromatic carboxylic acids is 1. The molecule has 0 spiro atoms. The van der Waals surface area contributed by atoms with Crippen molar-refractivity contribution in [2.75, 3.05) is 19.7 Å². The number of nitrogens with one attached hydrogen (secondary N) is 1. The SMILES string of the molecule is O=C(O)c1cn2c3c(c(C4CCNCC4)c(F)cc3c1=O)OCC2. The van der Waals surface area contributed by atoms with Crippen LogP contribution in [0.2, 0.25) is 0 Å². The largest absolute Gasteiger partial charge is 0.489 e. The van der Waals surface area contributed by atoms with Crippen molar-refractivity contribution < 1.29 is 19.0 Å². The molecule has 2 aliphatic rings. The van der Waals surface area contributed by atoms with Crippen LogP contribution in [0.3, 0.4) is 0 Å². The third-order valence-electron chi connectivity index (χ3n) is 4.86. The molecule has 1 saturated heterocycles. The number of hydrogen-bond acceptors (Lipinski definition) is 4. The lowest BCUT2D eigenvalue weighted by Crippen LogP contribution is -2.29. The number of halogens is 1. The minimum Gasteiger partial charge on any atom is -0.489 e. The highest BCUT2D eigenvalue weighted by Gasteiger charge is 2.29. The van der Waals surface area contributed by atoms with Crippen LogP contribution < -0.4 is 15.5 Å². The molecule has 7 heteroatoms. The number of carboxylic acids is 1. The first-order valence-electron chi connectivity index (χ1n) is 8.04. The molecular formula is C17H17FN2O4. The number of piperidine rings is 1. The van der Waals surface area contributed by atoms with Gasteiger partial charge in [0.25, 0.3) is 0 Å². The summed E-state index contributed by atoms with van der Waals surface area (Å²) in [6, 6.07) is 1.18. The van der Waals surface area contributed by atoms with Crippen LogP contribution in [0.15, 0.2) is 17.1 Å². The Kier molecular flexibility index (Phi) is 3.53. The van der Waals surface area contributed by atoms with Crippen molar-refractivity contribution in [2.24, 2.45) is 0 Å². The van der Waals surface area contributed by atoms with E-state index in [1.807, 2.05) is 0 Å². The first-order chi connectivity index (χ1) is 11.6. The molecule has 0 unspecified atom stereocenters. The Bertz CT molecular complexity index is 900. The number of ether oxygens (including phenoxy) is 1. The quantitative estimate of drug-likeness (QED) is 0.875. The van der Waals surface area contributed by atoms with E-state index in [0.29, 0.717) is 30.0 Å². The minimum absolute atomic E-state index is 0.0338. The highest BCUT2D eigenvalue weighted by atomic mass is 19.1. The molecular weight excluding hydrogens is 315 g/mol. The molecule has 0 radical (unpaired) electrons. The van der Waals surface area contributed by atoms with E-state index in [9.17, 15) is 19.1 Å². The lowest BCUT2D eigenvalue weighted by Gasteiger charge is -2.29. The molecule has 2 aromatic rings. The second kappa shape index (κ2) is 5.59. The normalized spacial score (nSPS) is 17.7. The van der Waals surface area contributed by atoms with E-state index in [1.54, 1.807) is 4.57 Å². The van der Waals surface area contributed by atoms with Gasteiger partial charge in [-0.1, -0.05) is 0 Å². The lowest BCUT2D eigenvalue weighted by molar-refractivity contribution is 0.0694. The number of pyridine rings is 1. The highest BCUT2D eigenvalue weighted by Crippen LogP contribution is 2.40. The van der Waals surface area contributed by atoms with Crippen LogP contribution in [0.1, 0.15) is 34.7 Å². The van der Waals surface area contributed by atoms with Crippen LogP contribution >= 0.6 is 0 Å². The number of nitrogens with zero attached hydrogens (tertiary/aromatic N) is 1. The van der Waals surface area contributed by atoms with Crippen molar-refractivity contribution in [1.82, 2.24) is 9.88 Å². The predicted octanol–water partition coefficient (Wildman–Crippen LogP) is 1.70. The van der Waals surface area contributed by atoms with E-state index in [0.717, 1.165) is 25.9 Å². The summed E-state index contributed by atoms with van der Waals surface area (Å²) < 4.78 is 22.3. The van der Waals surface area contributed by atoms with E-state index in [4.69, 9.17) is 4.74 Å². The number of aromatic nitrogens is 1. The van der Waals surface area contributed by atoms with E-state index >= 15 is 0 Å². The zero-order valence-corrected chi connectivity index (χ0v) is 13.0. The van der Waals surface area contributed by atoms with Gasteiger partial charge >= 0.3 is 5.97 Å². The van der Waals surface area contributed by atoms with E-state index in [-0.39, 0.29) is 16.9 Å². The zero-order valence-electron chi connectivity index (χ0n) is 13.0. The third kappa shape index (κ3) is 2.19. The van der Waals surface area contributed by atoms with Crippen molar-refractivity contribution in [2.45, 2.75) is 25.3 Å². The maximum Gasteiger partial charge on any atom is 0.341 e. The number of benzene rings is 1. The molecule has 0 amide bonds. The molecule has 1 fully saturated rings. The van der Waals surface area contributed by atoms with Gasteiger partial charge in [0.05, 0.1) is 17.4 Å². The molecule has 3 heterocycles. The second-order valence-corrected chi connectivity index (χ2v) is 6.24. The Hall–Kier alpha value is -2.41. The smallest absolute Gasteiger partial charge is 0.341 e. The van der Waals surface area contributed by atoms with Crippen LogP contribution in [-0.4, -0.2) is 35.3 Å². The summed E-state index contributed by atoms with van der Waals surface area (Å²) in [4.78, 5) is 23.7. The summed E-state index contributed by atoms with van der Waals surface area (Å²) in [5, 5.41) is 12.5. The summed E-state index contributed by atoms with van der Waals surface area (Å²) in [5.74, 6) is -1.36. The molecule has 0 atom stereocenters. The molecule has 1 aromatic carbocycles. The van der Waals surface area contributed by atoms with E-state index < -0.39 is 17.2 Å². The fourth-order valence-corrected chi connectivity index (χ4v) is 3.73. The van der Waals surface area contributed by atoms with Crippen molar-refractivity contribution in [3.8, 4) is 5.75 Å². The molecule has 0 bridgehead atoms. The molecule has 2 aliphatic heterocycles. The van der Waals surface area contributed by atoms with Gasteiger partial charge in [0.2, 0.25) is 5.43 Å². The zero-order chi connectivity index (χ0) is 16.8. The van der Waals surface area contributed by atoms with E-state index in [2.05, 4.69) is 5.32 Å². The van der Waals surface area contributed by atoms with Gasteiger partial charge in [-0.2, -0.15) is 0 Å². The highest BCUT2D eigenvalue weighted by molar-refractivity contribution is 5.95. The van der Waals surface area contributed by atoms with Crippen molar-refractivity contribution in [1.29, 1.82) is 0 Å². The molecule has 1 aromatic heterocycles. The Morgan fingerprint density at radius 3 is 2.83 bits per heavy atom. The van der Waals surface area contributed by atoms with Gasteiger partial charge in [-0.3, -0.25) is 4.79 Å². The number of rotatable bonds is 2. The van der Waals surface area contributed by atoms with Crippen LogP contribution in [0.25, 0.3) is 10.9 Å². The summed E-state index contributed by atoms with van der Waals surface area (Å²) in [7, 11) is 0. The molecule has 4 rings (SSSR count). The number of hydrogen-bond donors (Lipinski definition) is 2. The van der Waals surface area contributed by atoms with Gasteiger partial charge in [-0.05, 0) is 37.9 Å². The minimum atomic E-state index is -1.30. The Balaban J connectivity index is 2.03. The molecule has 0 aliphatic carbocycles. The average Bonchev–Trinajstić information content (AvgIpc) is 2.58. The van der Waals surface area contributed by atoms with Gasteiger partial charge in [0, 0.05) is 11.8 Å². The summed E-state index contributed by atoms with van der Waals surface area (Å²) in [6.07, 6.45) is 2.94. The topological polar surface area (TPSA) is 80.6 Å². The Morgan fingerprint density at radius 1 is 1.38 bits per heavy atom. The van der Waals surface area contributed by atoms with Crippen molar-refractivity contribution in [3.05, 3.63) is 39.4 Å². The summed E-state index contributed by atoms with van der Waals surface area (Å²) >= 11 is 0. The van der Waals surface area contributed by atoms with Gasteiger partial charge in [0.1, 0.15) is 23.7 Å². The Morgan fingerprint density at radius 2 is 2.12 bits per heavy atom. The van der Waals surface area contributed by atoms with Gasteiger partial charge < -0.3 is 19.7 Å². The van der Waals surface area contributed by atoms with Gasteiger partial charge in [-0.25, -0.2) is 9.18 Å². The molecule has 24 heavy (non-hydrogen) atoms. The number of carboxylic acid groups (broad SMARTS) is 1. The van der Waals surface area contributed by atoms with Crippen LogP contribution in [-0.2, 0) is 6.54 Å². The van der Waals surface area contributed by atoms with Crippen molar-refractivity contribution in [3.63, 3.8) is 0 Å². The maximum atomic E-state index is 14.8. The summed E-state index contributed by atoms with van der Waals surface area (Å²) in [5.41, 5.74) is 0.00624. The van der Waals surface area contributed by atoms with Crippen molar-refractivity contribution >= 4 is 16.9 Å². The third-order valence-corrected chi connectivity index (χ3v) is 4.86. The molecule has 126 valence electrons. The van der Waals surface area contributed by atoms with Gasteiger partial charge in [0.15, 0.2) is 0 Å². The van der Waals surface area contributed by atoms with Crippen LogP contribution in [0, 0.1) is 5.82 Å². The van der Waals surface area contributed by atoms with Gasteiger partial charge in [-0.15, -0.1) is 0 Å². The van der Waals surface area contributed by atoms with Crippen LogP contribution in [0.4, 0.5) is 4.39 Å². The average molecular weight is 332 g/mol. The predicted molar refractivity (Wildman–Crippen MR) is 85.5 cm³/mol. The Labute approximate surface area is 136 Å². The van der Waals surface area contributed by atoms with Crippen LogP contribution in [0.5, 0.6) is 5.75 Å². The molecule has 6 nitrogen and oxygen atoms in total. The van der Waals surface area contributed by atoms with E-state index in [1.165, 1.54) is 12.3 Å². The first-order valence-corrected chi connectivity index (χ1v) is 8.04. The lowest BCUT2D eigenvalue weighted by atomic mass is 9.88. The summed E-state index contributed by atoms with van der Waals surface area (Å²) in [6.45, 7) is 2.38. The standard InChI is InChI=1S/C17H17FN2O4/c18-12-7-10-14-16(13(12)9-1-3-19-4-2-9)24-6-5-20(14)8-11(15(10)21)17(22)23/h7-9,19H,1-6H2,(H,22,23). The monoisotopic (exact) mass is 332 g/mol.